The van der Waals surface area contributed by atoms with Crippen LogP contribution in [-0.4, -0.2) is 51.9 Å². The Kier molecular flexibility index (Phi) is 8.85. The van der Waals surface area contributed by atoms with Crippen molar-refractivity contribution in [2.75, 3.05) is 26.2 Å². The molecular weight excluding hydrogens is 527 g/mol. The molecule has 0 radical (unpaired) electrons. The molecule has 1 aromatic carbocycles. The Labute approximate surface area is 213 Å². The molecule has 176 valence electrons. The predicted molar refractivity (Wildman–Crippen MR) is 143 cm³/mol. The number of aliphatic imine (C=N–C) groups is 1. The van der Waals surface area contributed by atoms with E-state index in [9.17, 15) is 0 Å². The molecule has 0 amide bonds. The Morgan fingerprint density at radius 1 is 1.18 bits per heavy atom. The minimum atomic E-state index is 0. The highest BCUT2D eigenvalue weighted by molar-refractivity contribution is 14.0. The van der Waals surface area contributed by atoms with Gasteiger partial charge >= 0.3 is 0 Å². The standard InChI is InChI=1S/C25H32N6O.HI/c1-5-26-25(30-12-13-32-23(17-30)22-9-7-6-8-18(22)2)28-16-21-10-11-24(27-15-21)31-20(4)14-19(3)29-31;/h6-11,14-15,23H,5,12-13,16-17H2,1-4H3,(H,26,28);1H. The molecule has 0 aliphatic carbocycles. The summed E-state index contributed by atoms with van der Waals surface area (Å²) in [6.45, 7) is 11.9. The summed E-state index contributed by atoms with van der Waals surface area (Å²) in [5.74, 6) is 1.74. The lowest BCUT2D eigenvalue weighted by atomic mass is 10.0. The van der Waals surface area contributed by atoms with Crippen LogP contribution in [0.25, 0.3) is 5.82 Å². The van der Waals surface area contributed by atoms with E-state index in [1.54, 1.807) is 0 Å². The second kappa shape index (κ2) is 11.6. The summed E-state index contributed by atoms with van der Waals surface area (Å²) in [5, 5.41) is 7.95. The van der Waals surface area contributed by atoms with Crippen LogP contribution in [0.5, 0.6) is 0 Å². The van der Waals surface area contributed by atoms with Gasteiger partial charge < -0.3 is 15.0 Å². The van der Waals surface area contributed by atoms with Crippen LogP contribution >= 0.6 is 24.0 Å². The molecular formula is C25H33IN6O. The third-order valence-electron chi connectivity index (χ3n) is 5.68. The number of halogens is 1. The molecule has 33 heavy (non-hydrogen) atoms. The molecule has 0 saturated carbocycles. The number of hydrogen-bond acceptors (Lipinski definition) is 4. The topological polar surface area (TPSA) is 67.6 Å². The zero-order chi connectivity index (χ0) is 22.5. The number of pyridine rings is 1. The van der Waals surface area contributed by atoms with Crippen molar-refractivity contribution < 1.29 is 4.74 Å². The van der Waals surface area contributed by atoms with E-state index in [1.165, 1.54) is 11.1 Å². The number of nitrogens with zero attached hydrogens (tertiary/aromatic N) is 5. The third kappa shape index (κ3) is 6.11. The molecule has 3 aromatic rings. The number of benzene rings is 1. The predicted octanol–water partition coefficient (Wildman–Crippen LogP) is 4.35. The van der Waals surface area contributed by atoms with Gasteiger partial charge in [0.15, 0.2) is 11.8 Å². The van der Waals surface area contributed by atoms with Crippen LogP contribution in [0.3, 0.4) is 0 Å². The van der Waals surface area contributed by atoms with Gasteiger partial charge in [0.25, 0.3) is 0 Å². The van der Waals surface area contributed by atoms with E-state index in [1.807, 2.05) is 30.8 Å². The summed E-state index contributed by atoms with van der Waals surface area (Å²) in [5.41, 5.74) is 5.63. The summed E-state index contributed by atoms with van der Waals surface area (Å²) < 4.78 is 7.96. The molecule has 0 spiro atoms. The van der Waals surface area contributed by atoms with Gasteiger partial charge in [0, 0.05) is 25.0 Å². The van der Waals surface area contributed by atoms with Crippen LogP contribution in [-0.2, 0) is 11.3 Å². The molecule has 1 N–H and O–H groups in total. The number of ether oxygens (including phenoxy) is 1. The van der Waals surface area contributed by atoms with Gasteiger partial charge in [-0.1, -0.05) is 30.3 Å². The zero-order valence-electron chi connectivity index (χ0n) is 19.8. The molecule has 8 heteroatoms. The van der Waals surface area contributed by atoms with E-state index < -0.39 is 0 Å². The lowest BCUT2D eigenvalue weighted by Gasteiger charge is -2.35. The van der Waals surface area contributed by atoms with Crippen molar-refractivity contribution in [3.63, 3.8) is 0 Å². The number of aryl methyl sites for hydroxylation is 3. The van der Waals surface area contributed by atoms with Gasteiger partial charge in [0.1, 0.15) is 6.10 Å². The minimum Gasteiger partial charge on any atom is -0.370 e. The van der Waals surface area contributed by atoms with E-state index >= 15 is 0 Å². The normalized spacial score (nSPS) is 16.4. The number of guanidine groups is 1. The summed E-state index contributed by atoms with van der Waals surface area (Å²) in [6.07, 6.45) is 1.93. The minimum absolute atomic E-state index is 0. The molecule has 1 aliphatic rings. The van der Waals surface area contributed by atoms with Gasteiger partial charge in [-0.2, -0.15) is 5.10 Å². The Morgan fingerprint density at radius 2 is 2.00 bits per heavy atom. The van der Waals surface area contributed by atoms with Crippen LogP contribution in [0.15, 0.2) is 53.7 Å². The van der Waals surface area contributed by atoms with E-state index in [4.69, 9.17) is 9.73 Å². The number of nitrogens with one attached hydrogen (secondary N) is 1. The molecule has 1 unspecified atom stereocenters. The molecule has 0 bridgehead atoms. The summed E-state index contributed by atoms with van der Waals surface area (Å²) in [7, 11) is 0. The highest BCUT2D eigenvalue weighted by Crippen LogP contribution is 2.25. The first kappa shape index (κ1) is 25.2. The van der Waals surface area contributed by atoms with Crippen LogP contribution in [0.1, 0.15) is 41.1 Å². The summed E-state index contributed by atoms with van der Waals surface area (Å²) in [6, 6.07) is 14.6. The van der Waals surface area contributed by atoms with Gasteiger partial charge in [-0.3, -0.25) is 0 Å². The van der Waals surface area contributed by atoms with Crippen molar-refractivity contribution in [1.82, 2.24) is 25.0 Å². The number of hydrogen-bond donors (Lipinski definition) is 1. The van der Waals surface area contributed by atoms with E-state index in [0.717, 1.165) is 48.4 Å². The molecule has 1 atom stereocenters. The van der Waals surface area contributed by atoms with E-state index in [0.29, 0.717) is 13.2 Å². The van der Waals surface area contributed by atoms with Crippen molar-refractivity contribution in [2.24, 2.45) is 4.99 Å². The van der Waals surface area contributed by atoms with Gasteiger partial charge in [-0.05, 0) is 56.5 Å². The smallest absolute Gasteiger partial charge is 0.194 e. The second-order valence-corrected chi connectivity index (χ2v) is 8.20. The zero-order valence-corrected chi connectivity index (χ0v) is 22.1. The summed E-state index contributed by atoms with van der Waals surface area (Å²) >= 11 is 0. The van der Waals surface area contributed by atoms with Gasteiger partial charge in [-0.15, -0.1) is 24.0 Å². The van der Waals surface area contributed by atoms with Crippen molar-refractivity contribution in [3.8, 4) is 5.82 Å². The molecule has 1 saturated heterocycles. The first-order chi connectivity index (χ1) is 15.5. The average Bonchev–Trinajstić information content (AvgIpc) is 3.15. The van der Waals surface area contributed by atoms with Crippen LogP contribution in [0.4, 0.5) is 0 Å². The van der Waals surface area contributed by atoms with Crippen molar-refractivity contribution in [2.45, 2.75) is 40.3 Å². The Balaban J connectivity index is 0.00000306. The number of morpholine rings is 1. The van der Waals surface area contributed by atoms with Crippen molar-refractivity contribution in [1.29, 1.82) is 0 Å². The van der Waals surface area contributed by atoms with E-state index in [2.05, 4.69) is 70.5 Å². The monoisotopic (exact) mass is 560 g/mol. The SMILES string of the molecule is CCNC(=NCc1ccc(-n2nc(C)cc2C)nc1)N1CCOC(c2ccccc2C)C1.I. The van der Waals surface area contributed by atoms with Gasteiger partial charge in [0.2, 0.25) is 0 Å². The molecule has 3 heterocycles. The maximum absolute atomic E-state index is 6.09. The fourth-order valence-corrected chi connectivity index (χ4v) is 4.07. The Morgan fingerprint density at radius 3 is 2.67 bits per heavy atom. The summed E-state index contributed by atoms with van der Waals surface area (Å²) in [4.78, 5) is 11.8. The maximum Gasteiger partial charge on any atom is 0.194 e. The molecule has 4 rings (SSSR count). The quantitative estimate of drug-likeness (QED) is 0.286. The number of aromatic nitrogens is 3. The third-order valence-corrected chi connectivity index (χ3v) is 5.68. The highest BCUT2D eigenvalue weighted by atomic mass is 127. The maximum atomic E-state index is 6.09. The van der Waals surface area contributed by atoms with Crippen LogP contribution in [0.2, 0.25) is 0 Å². The lowest BCUT2D eigenvalue weighted by molar-refractivity contribution is -0.00834. The fraction of sp³-hybridized carbons (Fsp3) is 0.400. The number of rotatable bonds is 5. The largest absolute Gasteiger partial charge is 0.370 e. The fourth-order valence-electron chi connectivity index (χ4n) is 4.07. The lowest BCUT2D eigenvalue weighted by Crippen LogP contribution is -2.48. The van der Waals surface area contributed by atoms with Crippen LogP contribution < -0.4 is 5.32 Å². The Hall–Kier alpha value is -2.46. The molecule has 2 aromatic heterocycles. The first-order valence-corrected chi connectivity index (χ1v) is 11.2. The van der Waals surface area contributed by atoms with Gasteiger partial charge in [0.05, 0.1) is 25.4 Å². The first-order valence-electron chi connectivity index (χ1n) is 11.2. The molecule has 1 fully saturated rings. The molecule has 7 nitrogen and oxygen atoms in total. The Bertz CT molecular complexity index is 1080. The average molecular weight is 560 g/mol. The molecule has 1 aliphatic heterocycles. The van der Waals surface area contributed by atoms with Crippen molar-refractivity contribution >= 4 is 29.9 Å². The highest BCUT2D eigenvalue weighted by Gasteiger charge is 2.25. The van der Waals surface area contributed by atoms with Crippen LogP contribution in [0, 0.1) is 20.8 Å². The van der Waals surface area contributed by atoms with Crippen molar-refractivity contribution in [3.05, 3.63) is 76.7 Å². The van der Waals surface area contributed by atoms with Gasteiger partial charge in [-0.25, -0.2) is 14.7 Å². The second-order valence-electron chi connectivity index (χ2n) is 8.20. The van der Waals surface area contributed by atoms with E-state index in [-0.39, 0.29) is 30.1 Å².